The Hall–Kier alpha value is -1.59. The number of carbonyl (C=O) groups is 3. The van der Waals surface area contributed by atoms with Gasteiger partial charge in [0.05, 0.1) is 0 Å². The van der Waals surface area contributed by atoms with E-state index in [1.807, 2.05) is 0 Å². The van der Waals surface area contributed by atoms with Crippen molar-refractivity contribution < 1.29 is 19.5 Å². The predicted octanol–water partition coefficient (Wildman–Crippen LogP) is -0.166. The average Bonchev–Trinajstić information content (AvgIpc) is 2.17. The van der Waals surface area contributed by atoms with Gasteiger partial charge in [0, 0.05) is 26.9 Å². The maximum Gasteiger partial charge on any atom is 0.326 e. The van der Waals surface area contributed by atoms with Crippen LogP contribution in [-0.4, -0.2) is 47.4 Å². The summed E-state index contributed by atoms with van der Waals surface area (Å²) in [5, 5.41) is 11.3. The van der Waals surface area contributed by atoms with Crippen LogP contribution < -0.4 is 5.32 Å². The van der Waals surface area contributed by atoms with E-state index in [0.29, 0.717) is 6.42 Å². The third kappa shape index (κ3) is 4.77. The van der Waals surface area contributed by atoms with Crippen molar-refractivity contribution in [1.82, 2.24) is 10.2 Å². The van der Waals surface area contributed by atoms with Gasteiger partial charge >= 0.3 is 5.97 Å². The molecule has 16 heavy (non-hydrogen) atoms. The smallest absolute Gasteiger partial charge is 0.326 e. The number of carbonyl (C=O) groups excluding carboxylic acids is 2. The first kappa shape index (κ1) is 14.4. The van der Waals surface area contributed by atoms with Crippen molar-refractivity contribution in [3.05, 3.63) is 0 Å². The van der Waals surface area contributed by atoms with E-state index in [0.717, 1.165) is 0 Å². The highest BCUT2D eigenvalue weighted by Gasteiger charge is 2.23. The minimum absolute atomic E-state index is 0.111. The van der Waals surface area contributed by atoms with E-state index in [1.165, 1.54) is 18.9 Å². The Morgan fingerprint density at radius 2 is 1.94 bits per heavy atom. The summed E-state index contributed by atoms with van der Waals surface area (Å²) in [4.78, 5) is 34.1. The summed E-state index contributed by atoms with van der Waals surface area (Å²) in [5.41, 5.74) is 0. The van der Waals surface area contributed by atoms with Crippen LogP contribution in [0.15, 0.2) is 0 Å². The molecule has 0 aromatic carbocycles. The Labute approximate surface area is 94.6 Å². The fraction of sp³-hybridized carbons (Fsp3) is 0.700. The Morgan fingerprint density at radius 3 is 2.31 bits per heavy atom. The van der Waals surface area contributed by atoms with Gasteiger partial charge in [-0.25, -0.2) is 4.79 Å². The minimum Gasteiger partial charge on any atom is -0.480 e. The Kier molecular flexibility index (Phi) is 6.14. The largest absolute Gasteiger partial charge is 0.480 e. The fourth-order valence-electron chi connectivity index (χ4n) is 1.31. The molecule has 0 bridgehead atoms. The highest BCUT2D eigenvalue weighted by molar-refractivity contribution is 5.83. The van der Waals surface area contributed by atoms with Crippen LogP contribution in [0.25, 0.3) is 0 Å². The molecule has 0 rings (SSSR count). The lowest BCUT2D eigenvalue weighted by atomic mass is 10.2. The molecule has 2 N–H and O–H groups in total. The maximum atomic E-state index is 11.5. The molecular formula is C10H18N2O4. The maximum absolute atomic E-state index is 11.5. The predicted molar refractivity (Wildman–Crippen MR) is 57.8 cm³/mol. The molecule has 92 valence electrons. The number of carboxylic acids is 1. The van der Waals surface area contributed by atoms with Crippen LogP contribution in [-0.2, 0) is 14.4 Å². The number of aliphatic carboxylic acids is 1. The van der Waals surface area contributed by atoms with E-state index < -0.39 is 12.0 Å². The third-order valence-electron chi connectivity index (χ3n) is 2.25. The highest BCUT2D eigenvalue weighted by atomic mass is 16.4. The van der Waals surface area contributed by atoms with Gasteiger partial charge in [0.15, 0.2) is 0 Å². The van der Waals surface area contributed by atoms with Crippen LogP contribution in [0.4, 0.5) is 0 Å². The fourth-order valence-corrected chi connectivity index (χ4v) is 1.31. The Morgan fingerprint density at radius 1 is 1.38 bits per heavy atom. The van der Waals surface area contributed by atoms with Crippen LogP contribution in [0.1, 0.15) is 26.7 Å². The first-order valence-electron chi connectivity index (χ1n) is 5.13. The van der Waals surface area contributed by atoms with E-state index in [-0.39, 0.29) is 24.8 Å². The molecule has 2 amide bonds. The molecule has 0 fully saturated rings. The zero-order valence-corrected chi connectivity index (χ0v) is 9.82. The van der Waals surface area contributed by atoms with Gasteiger partial charge in [-0.15, -0.1) is 0 Å². The van der Waals surface area contributed by atoms with Crippen molar-refractivity contribution in [2.45, 2.75) is 32.7 Å². The molecule has 0 aliphatic heterocycles. The molecule has 0 aliphatic carbocycles. The van der Waals surface area contributed by atoms with E-state index in [4.69, 9.17) is 5.11 Å². The highest BCUT2D eigenvalue weighted by Crippen LogP contribution is 2.03. The summed E-state index contributed by atoms with van der Waals surface area (Å²) in [7, 11) is 1.46. The minimum atomic E-state index is -1.02. The molecule has 0 saturated carbocycles. The number of carboxylic acid groups (broad SMARTS) is 1. The molecule has 0 saturated heterocycles. The number of amides is 2. The molecule has 6 heteroatoms. The van der Waals surface area contributed by atoms with E-state index >= 15 is 0 Å². The molecule has 0 aromatic heterocycles. The van der Waals surface area contributed by atoms with Gasteiger partial charge in [0.25, 0.3) is 0 Å². The van der Waals surface area contributed by atoms with E-state index in [9.17, 15) is 14.4 Å². The van der Waals surface area contributed by atoms with Crippen LogP contribution in [0.2, 0.25) is 0 Å². The number of nitrogens with one attached hydrogen (secondary N) is 1. The van der Waals surface area contributed by atoms with Crippen LogP contribution in [0, 0.1) is 0 Å². The lowest BCUT2D eigenvalue weighted by molar-refractivity contribution is -0.149. The van der Waals surface area contributed by atoms with Crippen molar-refractivity contribution in [3.63, 3.8) is 0 Å². The van der Waals surface area contributed by atoms with Gasteiger partial charge in [-0.05, 0) is 6.42 Å². The molecule has 0 aliphatic rings. The lowest BCUT2D eigenvalue weighted by Crippen LogP contribution is -2.43. The molecule has 6 nitrogen and oxygen atoms in total. The second-order valence-corrected chi connectivity index (χ2v) is 3.50. The third-order valence-corrected chi connectivity index (χ3v) is 2.25. The Bertz CT molecular complexity index is 278. The first-order chi connectivity index (χ1) is 7.40. The number of rotatable bonds is 6. The van der Waals surface area contributed by atoms with Gasteiger partial charge in [0.1, 0.15) is 6.04 Å². The molecule has 1 unspecified atom stereocenters. The summed E-state index contributed by atoms with van der Waals surface area (Å²) in [6, 6.07) is -0.801. The van der Waals surface area contributed by atoms with E-state index in [2.05, 4.69) is 5.32 Å². The standard InChI is InChI=1S/C10H18N2O4/c1-4-8(10(15)16)12(3)9(14)5-6-11-7(2)13/h8H,4-6H2,1-3H3,(H,11,13)(H,15,16). The molecule has 0 heterocycles. The molecular weight excluding hydrogens is 212 g/mol. The summed E-state index contributed by atoms with van der Waals surface area (Å²) in [6.07, 6.45) is 0.470. The number of likely N-dealkylation sites (N-methyl/N-ethyl adjacent to an activating group) is 1. The van der Waals surface area contributed by atoms with Crippen LogP contribution >= 0.6 is 0 Å². The van der Waals surface area contributed by atoms with Crippen molar-refractivity contribution in [2.75, 3.05) is 13.6 Å². The summed E-state index contributed by atoms with van der Waals surface area (Å²) in [5.74, 6) is -1.51. The molecule has 0 radical (unpaired) electrons. The van der Waals surface area contributed by atoms with Gasteiger partial charge in [-0.3, -0.25) is 9.59 Å². The van der Waals surface area contributed by atoms with Crippen molar-refractivity contribution >= 4 is 17.8 Å². The van der Waals surface area contributed by atoms with Gasteiger partial charge in [-0.1, -0.05) is 6.92 Å². The number of hydrogen-bond acceptors (Lipinski definition) is 3. The van der Waals surface area contributed by atoms with Crippen molar-refractivity contribution in [2.24, 2.45) is 0 Å². The number of hydrogen-bond donors (Lipinski definition) is 2. The number of nitrogens with zero attached hydrogens (tertiary/aromatic N) is 1. The molecule has 0 aromatic rings. The van der Waals surface area contributed by atoms with Crippen molar-refractivity contribution in [3.8, 4) is 0 Å². The van der Waals surface area contributed by atoms with E-state index in [1.54, 1.807) is 6.92 Å². The Balaban J connectivity index is 4.16. The zero-order chi connectivity index (χ0) is 12.7. The zero-order valence-electron chi connectivity index (χ0n) is 9.82. The first-order valence-corrected chi connectivity index (χ1v) is 5.13. The van der Waals surface area contributed by atoms with Gasteiger partial charge < -0.3 is 15.3 Å². The molecule has 0 spiro atoms. The van der Waals surface area contributed by atoms with Gasteiger partial charge in [0.2, 0.25) is 11.8 Å². The van der Waals surface area contributed by atoms with Crippen LogP contribution in [0.5, 0.6) is 0 Å². The second-order valence-electron chi connectivity index (χ2n) is 3.50. The SMILES string of the molecule is CCC(C(=O)O)N(C)C(=O)CCNC(C)=O. The second kappa shape index (κ2) is 6.81. The van der Waals surface area contributed by atoms with Crippen molar-refractivity contribution in [1.29, 1.82) is 0 Å². The summed E-state index contributed by atoms with van der Waals surface area (Å²) >= 11 is 0. The monoisotopic (exact) mass is 230 g/mol. The summed E-state index contributed by atoms with van der Waals surface area (Å²) < 4.78 is 0. The quantitative estimate of drug-likeness (QED) is 0.663. The van der Waals surface area contributed by atoms with Crippen LogP contribution in [0.3, 0.4) is 0 Å². The lowest BCUT2D eigenvalue weighted by Gasteiger charge is -2.23. The molecule has 1 atom stereocenters. The topological polar surface area (TPSA) is 86.7 Å². The van der Waals surface area contributed by atoms with Gasteiger partial charge in [-0.2, -0.15) is 0 Å². The summed E-state index contributed by atoms with van der Waals surface area (Å²) in [6.45, 7) is 3.30. The normalized spacial score (nSPS) is 11.7. The average molecular weight is 230 g/mol.